The number of benzene rings is 2. The number of anilines is 1. The van der Waals surface area contributed by atoms with Gasteiger partial charge in [-0.25, -0.2) is 9.48 Å². The fourth-order valence-electron chi connectivity index (χ4n) is 3.22. The molecule has 150 valence electrons. The maximum absolute atomic E-state index is 12.7. The summed E-state index contributed by atoms with van der Waals surface area (Å²) < 4.78 is 6.61. The van der Waals surface area contributed by atoms with Crippen molar-refractivity contribution in [1.29, 1.82) is 0 Å². The molecule has 1 atom stereocenters. The van der Waals surface area contributed by atoms with Gasteiger partial charge in [0.25, 0.3) is 5.91 Å². The van der Waals surface area contributed by atoms with Crippen molar-refractivity contribution in [3.8, 4) is 0 Å². The number of hydrogen-bond acceptors (Lipinski definition) is 6. The van der Waals surface area contributed by atoms with E-state index in [4.69, 9.17) is 4.74 Å². The first kappa shape index (κ1) is 20.2. The number of hydrogen-bond donors (Lipinski definition) is 1. The molecule has 1 amide bonds. The van der Waals surface area contributed by atoms with Crippen molar-refractivity contribution >= 4 is 17.6 Å². The molecule has 3 aromatic rings. The van der Waals surface area contributed by atoms with Crippen LogP contribution in [0.25, 0.3) is 0 Å². The van der Waals surface area contributed by atoms with Crippen LogP contribution in [0.1, 0.15) is 28.3 Å². The van der Waals surface area contributed by atoms with E-state index in [2.05, 4.69) is 20.8 Å². The number of ether oxygens (including phenoxy) is 1. The van der Waals surface area contributed by atoms with Crippen molar-refractivity contribution in [3.63, 3.8) is 0 Å². The van der Waals surface area contributed by atoms with Gasteiger partial charge in [-0.2, -0.15) is 0 Å². The summed E-state index contributed by atoms with van der Waals surface area (Å²) in [5.74, 6) is -0.975. The van der Waals surface area contributed by atoms with Gasteiger partial charge in [-0.3, -0.25) is 4.79 Å². The number of aromatic nitrogens is 4. The fraction of sp³-hybridized carbons (Fsp3) is 0.286. The smallest absolute Gasteiger partial charge is 0.331 e. The molecule has 0 radical (unpaired) electrons. The largest absolute Gasteiger partial charge is 0.454 e. The van der Waals surface area contributed by atoms with Crippen LogP contribution in [0.15, 0.2) is 48.8 Å². The molecule has 0 aliphatic rings. The predicted molar refractivity (Wildman–Crippen MR) is 107 cm³/mol. The highest BCUT2D eigenvalue weighted by Gasteiger charge is 2.25. The topological polar surface area (TPSA) is 99.0 Å². The van der Waals surface area contributed by atoms with Crippen molar-refractivity contribution in [2.45, 2.75) is 33.2 Å². The first-order valence-electron chi connectivity index (χ1n) is 9.25. The van der Waals surface area contributed by atoms with Crippen molar-refractivity contribution in [2.75, 3.05) is 11.9 Å². The van der Waals surface area contributed by atoms with E-state index in [9.17, 15) is 9.59 Å². The van der Waals surface area contributed by atoms with Crippen molar-refractivity contribution in [2.24, 2.45) is 0 Å². The number of carbonyl (C=O) groups is 2. The van der Waals surface area contributed by atoms with Crippen LogP contribution in [0.4, 0.5) is 5.69 Å². The predicted octanol–water partition coefficient (Wildman–Crippen LogP) is 2.56. The Kier molecular flexibility index (Phi) is 6.33. The molecule has 29 heavy (non-hydrogen) atoms. The normalized spacial score (nSPS) is 11.7. The molecule has 3 rings (SSSR count). The summed E-state index contributed by atoms with van der Waals surface area (Å²) in [4.78, 5) is 25.0. The van der Waals surface area contributed by atoms with Gasteiger partial charge in [-0.1, -0.05) is 48.0 Å². The number of tetrazole rings is 1. The summed E-state index contributed by atoms with van der Waals surface area (Å²) >= 11 is 0. The Balaban J connectivity index is 1.65. The third-order valence-corrected chi connectivity index (χ3v) is 4.52. The highest BCUT2D eigenvalue weighted by Crippen LogP contribution is 2.22. The van der Waals surface area contributed by atoms with Gasteiger partial charge in [0.15, 0.2) is 12.6 Å². The van der Waals surface area contributed by atoms with Crippen LogP contribution < -0.4 is 5.32 Å². The number of amides is 1. The lowest BCUT2D eigenvalue weighted by molar-refractivity contribution is -0.151. The molecular weight excluding hydrogens is 370 g/mol. The van der Waals surface area contributed by atoms with Crippen LogP contribution in [-0.4, -0.2) is 38.7 Å². The van der Waals surface area contributed by atoms with Crippen LogP contribution in [0.2, 0.25) is 0 Å². The number of esters is 1. The minimum atomic E-state index is -0.761. The van der Waals surface area contributed by atoms with Gasteiger partial charge in [0.1, 0.15) is 6.33 Å². The third kappa shape index (κ3) is 5.25. The Morgan fingerprint density at radius 3 is 2.41 bits per heavy atom. The first-order chi connectivity index (χ1) is 13.9. The molecule has 2 aromatic carbocycles. The zero-order chi connectivity index (χ0) is 20.8. The van der Waals surface area contributed by atoms with Gasteiger partial charge in [0, 0.05) is 12.1 Å². The quantitative estimate of drug-likeness (QED) is 0.620. The van der Waals surface area contributed by atoms with Gasteiger partial charge in [-0.15, -0.1) is 5.10 Å². The molecule has 0 unspecified atom stereocenters. The SMILES string of the molecule is Cc1cc(C)c(NC(=O)COC(=O)[C@H](Cc2ccccc2)n2cnnn2)c(C)c1. The molecule has 1 heterocycles. The first-order valence-corrected chi connectivity index (χ1v) is 9.25. The Bertz CT molecular complexity index is 964. The summed E-state index contributed by atoms with van der Waals surface area (Å²) in [6.45, 7) is 5.46. The van der Waals surface area contributed by atoms with Crippen LogP contribution >= 0.6 is 0 Å². The Labute approximate surface area is 168 Å². The zero-order valence-electron chi connectivity index (χ0n) is 16.6. The zero-order valence-corrected chi connectivity index (χ0v) is 16.6. The van der Waals surface area contributed by atoms with Crippen molar-refractivity contribution in [1.82, 2.24) is 20.2 Å². The second kappa shape index (κ2) is 9.09. The van der Waals surface area contributed by atoms with E-state index < -0.39 is 17.9 Å². The van der Waals surface area contributed by atoms with E-state index in [-0.39, 0.29) is 6.61 Å². The summed E-state index contributed by atoms with van der Waals surface area (Å²) in [6.07, 6.45) is 1.70. The molecule has 1 aromatic heterocycles. The molecule has 0 bridgehead atoms. The third-order valence-electron chi connectivity index (χ3n) is 4.52. The lowest BCUT2D eigenvalue weighted by atomic mass is 10.1. The average Bonchev–Trinajstić information content (AvgIpc) is 3.22. The Morgan fingerprint density at radius 1 is 1.10 bits per heavy atom. The Morgan fingerprint density at radius 2 is 1.79 bits per heavy atom. The van der Waals surface area contributed by atoms with Crippen LogP contribution in [0.5, 0.6) is 0 Å². The van der Waals surface area contributed by atoms with Crippen molar-refractivity contribution in [3.05, 3.63) is 71.0 Å². The molecule has 0 saturated heterocycles. The monoisotopic (exact) mass is 393 g/mol. The lowest BCUT2D eigenvalue weighted by Gasteiger charge is -2.16. The number of rotatable bonds is 7. The fourth-order valence-corrected chi connectivity index (χ4v) is 3.22. The summed E-state index contributed by atoms with van der Waals surface area (Å²) in [6, 6.07) is 12.7. The molecule has 8 heteroatoms. The van der Waals surface area contributed by atoms with E-state index in [0.717, 1.165) is 27.9 Å². The van der Waals surface area contributed by atoms with Crippen molar-refractivity contribution < 1.29 is 14.3 Å². The summed E-state index contributed by atoms with van der Waals surface area (Å²) in [7, 11) is 0. The maximum Gasteiger partial charge on any atom is 0.331 e. The highest BCUT2D eigenvalue weighted by atomic mass is 16.5. The second-order valence-corrected chi connectivity index (χ2v) is 6.92. The number of aryl methyl sites for hydroxylation is 3. The van der Waals surface area contributed by atoms with Gasteiger partial charge in [-0.05, 0) is 47.9 Å². The van der Waals surface area contributed by atoms with Gasteiger partial charge >= 0.3 is 5.97 Å². The van der Waals surface area contributed by atoms with Gasteiger partial charge < -0.3 is 10.1 Å². The minimum Gasteiger partial charge on any atom is -0.454 e. The van der Waals surface area contributed by atoms with E-state index >= 15 is 0 Å². The second-order valence-electron chi connectivity index (χ2n) is 6.92. The van der Waals surface area contributed by atoms with E-state index in [1.807, 2.05) is 63.2 Å². The molecule has 0 aliphatic carbocycles. The van der Waals surface area contributed by atoms with Gasteiger partial charge in [0.2, 0.25) is 0 Å². The highest BCUT2D eigenvalue weighted by molar-refractivity contribution is 5.94. The van der Waals surface area contributed by atoms with Gasteiger partial charge in [0.05, 0.1) is 0 Å². The molecular formula is C21H23N5O3. The molecule has 8 nitrogen and oxygen atoms in total. The van der Waals surface area contributed by atoms with E-state index in [1.165, 1.54) is 11.0 Å². The van der Waals surface area contributed by atoms with Crippen LogP contribution in [0, 0.1) is 20.8 Å². The molecule has 0 fully saturated rings. The van der Waals surface area contributed by atoms with Crippen LogP contribution in [0.3, 0.4) is 0 Å². The maximum atomic E-state index is 12.7. The lowest BCUT2D eigenvalue weighted by Crippen LogP contribution is -2.28. The van der Waals surface area contributed by atoms with E-state index in [1.54, 1.807) is 0 Å². The number of nitrogens with zero attached hydrogens (tertiary/aromatic N) is 4. The average molecular weight is 393 g/mol. The summed E-state index contributed by atoms with van der Waals surface area (Å²) in [5, 5.41) is 13.8. The van der Waals surface area contributed by atoms with Crippen LogP contribution in [-0.2, 0) is 20.7 Å². The number of carbonyl (C=O) groups excluding carboxylic acids is 2. The number of nitrogens with one attached hydrogen (secondary N) is 1. The standard InChI is InChI=1S/C21H23N5O3/c1-14-9-15(2)20(16(3)10-14)23-19(27)12-29-21(28)18(26-13-22-24-25-26)11-17-7-5-4-6-8-17/h4-10,13,18H,11-12H2,1-3H3,(H,23,27)/t18-/m0/s1. The Hall–Kier alpha value is -3.55. The summed E-state index contributed by atoms with van der Waals surface area (Å²) in [5.41, 5.74) is 4.70. The van der Waals surface area contributed by atoms with E-state index in [0.29, 0.717) is 6.42 Å². The minimum absolute atomic E-state index is 0.350. The molecule has 1 N–H and O–H groups in total. The molecule has 0 spiro atoms. The molecule has 0 saturated carbocycles. The molecule has 0 aliphatic heterocycles.